The fourth-order valence-electron chi connectivity index (χ4n) is 2.66. The van der Waals surface area contributed by atoms with Gasteiger partial charge in [-0.05, 0) is 19.4 Å². The van der Waals surface area contributed by atoms with E-state index in [1.807, 2.05) is 4.90 Å². The Labute approximate surface area is 113 Å². The number of hydrogen-bond donors (Lipinski definition) is 0. The molecule has 2 fully saturated rings. The third kappa shape index (κ3) is 3.91. The number of methoxy groups -OCH3 is 1. The molecule has 0 aromatic carbocycles. The van der Waals surface area contributed by atoms with E-state index in [1.54, 1.807) is 0 Å². The zero-order valence-electron chi connectivity index (χ0n) is 11.5. The Morgan fingerprint density at radius 2 is 2.00 bits per heavy atom. The normalized spacial score (nSPS) is 25.1. The molecule has 6 nitrogen and oxygen atoms in total. The molecule has 2 aliphatic heterocycles. The van der Waals surface area contributed by atoms with Gasteiger partial charge in [0.25, 0.3) is 0 Å². The first-order valence-electron chi connectivity index (χ1n) is 6.86. The second-order valence-electron chi connectivity index (χ2n) is 5.09. The molecule has 6 heteroatoms. The summed E-state index contributed by atoms with van der Waals surface area (Å²) in [6, 6.07) is 0. The van der Waals surface area contributed by atoms with Gasteiger partial charge in [0.2, 0.25) is 5.91 Å². The predicted octanol–water partition coefficient (Wildman–Crippen LogP) is -0.270. The van der Waals surface area contributed by atoms with E-state index < -0.39 is 0 Å². The summed E-state index contributed by atoms with van der Waals surface area (Å²) in [5, 5.41) is 0. The summed E-state index contributed by atoms with van der Waals surface area (Å²) in [5.41, 5.74) is 0. The Balaban J connectivity index is 1.81. The molecular formula is C13H22N2O4. The number of piperidine rings is 1. The molecule has 1 amide bonds. The lowest BCUT2D eigenvalue weighted by atomic mass is 9.98. The lowest BCUT2D eigenvalue weighted by molar-refractivity contribution is -0.148. The molecule has 0 aliphatic carbocycles. The van der Waals surface area contributed by atoms with Gasteiger partial charge in [-0.2, -0.15) is 0 Å². The van der Waals surface area contributed by atoms with E-state index in [9.17, 15) is 9.59 Å². The maximum Gasteiger partial charge on any atom is 0.309 e. The molecule has 0 N–H and O–H groups in total. The van der Waals surface area contributed by atoms with Crippen molar-refractivity contribution in [3.05, 3.63) is 0 Å². The standard InChI is InChI=1S/C13H22N2O4/c1-18-13(17)11-3-2-4-14(9-11)10-12(16)15-5-7-19-8-6-15/h11H,2-10H2,1H3/t11-/m0/s1. The third-order valence-corrected chi connectivity index (χ3v) is 3.76. The van der Waals surface area contributed by atoms with Crippen LogP contribution < -0.4 is 0 Å². The fourth-order valence-corrected chi connectivity index (χ4v) is 2.66. The molecule has 108 valence electrons. The number of morpholine rings is 1. The topological polar surface area (TPSA) is 59.1 Å². The van der Waals surface area contributed by atoms with Gasteiger partial charge in [-0.15, -0.1) is 0 Å². The van der Waals surface area contributed by atoms with Crippen molar-refractivity contribution in [1.29, 1.82) is 0 Å². The Bertz CT molecular complexity index is 329. The monoisotopic (exact) mass is 270 g/mol. The van der Waals surface area contributed by atoms with Crippen LogP contribution in [0.5, 0.6) is 0 Å². The van der Waals surface area contributed by atoms with Gasteiger partial charge in [-0.25, -0.2) is 0 Å². The second-order valence-corrected chi connectivity index (χ2v) is 5.09. The zero-order valence-corrected chi connectivity index (χ0v) is 11.5. The fraction of sp³-hybridized carbons (Fsp3) is 0.846. The molecule has 0 spiro atoms. The van der Waals surface area contributed by atoms with E-state index in [0.717, 1.165) is 19.4 Å². The predicted molar refractivity (Wildman–Crippen MR) is 68.6 cm³/mol. The van der Waals surface area contributed by atoms with Gasteiger partial charge in [-0.3, -0.25) is 14.5 Å². The van der Waals surface area contributed by atoms with Crippen molar-refractivity contribution in [2.75, 3.05) is 53.0 Å². The highest BCUT2D eigenvalue weighted by Gasteiger charge is 2.28. The summed E-state index contributed by atoms with van der Waals surface area (Å²) < 4.78 is 10.0. The average Bonchev–Trinajstić information content (AvgIpc) is 2.47. The molecule has 0 bridgehead atoms. The van der Waals surface area contributed by atoms with Crippen molar-refractivity contribution in [3.63, 3.8) is 0 Å². The molecule has 0 aromatic rings. The van der Waals surface area contributed by atoms with Crippen molar-refractivity contribution < 1.29 is 19.1 Å². The van der Waals surface area contributed by atoms with Crippen LogP contribution in [0.15, 0.2) is 0 Å². The van der Waals surface area contributed by atoms with E-state index >= 15 is 0 Å². The van der Waals surface area contributed by atoms with E-state index in [0.29, 0.717) is 39.4 Å². The Hall–Kier alpha value is -1.14. The van der Waals surface area contributed by atoms with Crippen LogP contribution in [0.25, 0.3) is 0 Å². The number of nitrogens with zero attached hydrogens (tertiary/aromatic N) is 2. The smallest absolute Gasteiger partial charge is 0.309 e. The first kappa shape index (κ1) is 14.3. The lowest BCUT2D eigenvalue weighted by Crippen LogP contribution is -2.48. The van der Waals surface area contributed by atoms with E-state index in [2.05, 4.69) is 4.90 Å². The second kappa shape index (κ2) is 6.86. The third-order valence-electron chi connectivity index (χ3n) is 3.76. The molecule has 19 heavy (non-hydrogen) atoms. The van der Waals surface area contributed by atoms with Gasteiger partial charge in [0, 0.05) is 19.6 Å². The van der Waals surface area contributed by atoms with Crippen molar-refractivity contribution >= 4 is 11.9 Å². The first-order valence-corrected chi connectivity index (χ1v) is 6.86. The number of rotatable bonds is 3. The number of likely N-dealkylation sites (tertiary alicyclic amines) is 1. The molecule has 2 aliphatic rings. The molecular weight excluding hydrogens is 248 g/mol. The van der Waals surface area contributed by atoms with Crippen LogP contribution in [0.4, 0.5) is 0 Å². The van der Waals surface area contributed by atoms with Crippen LogP contribution in [-0.2, 0) is 19.1 Å². The van der Waals surface area contributed by atoms with Crippen LogP contribution >= 0.6 is 0 Å². The van der Waals surface area contributed by atoms with Gasteiger partial charge in [0.1, 0.15) is 0 Å². The van der Waals surface area contributed by atoms with Crippen molar-refractivity contribution in [2.24, 2.45) is 5.92 Å². The van der Waals surface area contributed by atoms with Crippen LogP contribution in [0.2, 0.25) is 0 Å². The van der Waals surface area contributed by atoms with Gasteiger partial charge in [0.05, 0.1) is 32.8 Å². The molecule has 0 radical (unpaired) electrons. The van der Waals surface area contributed by atoms with Gasteiger partial charge in [0.15, 0.2) is 0 Å². The van der Waals surface area contributed by atoms with E-state index in [4.69, 9.17) is 9.47 Å². The molecule has 2 saturated heterocycles. The van der Waals surface area contributed by atoms with Crippen LogP contribution in [0.1, 0.15) is 12.8 Å². The van der Waals surface area contributed by atoms with Crippen LogP contribution in [0, 0.1) is 5.92 Å². The maximum atomic E-state index is 12.1. The molecule has 0 aromatic heterocycles. The van der Waals surface area contributed by atoms with Crippen LogP contribution in [-0.4, -0.2) is 74.7 Å². The molecule has 2 rings (SSSR count). The zero-order chi connectivity index (χ0) is 13.7. The first-order chi connectivity index (χ1) is 9.20. The quantitative estimate of drug-likeness (QED) is 0.661. The lowest BCUT2D eigenvalue weighted by Gasteiger charge is -2.33. The summed E-state index contributed by atoms with van der Waals surface area (Å²) in [6.45, 7) is 4.49. The Morgan fingerprint density at radius 1 is 1.26 bits per heavy atom. The number of carbonyl (C=O) groups excluding carboxylic acids is 2. The highest BCUT2D eigenvalue weighted by molar-refractivity contribution is 5.78. The minimum absolute atomic E-state index is 0.0868. The number of hydrogen-bond acceptors (Lipinski definition) is 5. The molecule has 2 heterocycles. The van der Waals surface area contributed by atoms with E-state index in [1.165, 1.54) is 7.11 Å². The summed E-state index contributed by atoms with van der Waals surface area (Å²) >= 11 is 0. The maximum absolute atomic E-state index is 12.1. The SMILES string of the molecule is COC(=O)[C@H]1CCCN(CC(=O)N2CCOCC2)C1. The van der Waals surface area contributed by atoms with Crippen molar-refractivity contribution in [2.45, 2.75) is 12.8 Å². The highest BCUT2D eigenvalue weighted by Crippen LogP contribution is 2.17. The largest absolute Gasteiger partial charge is 0.469 e. The number of carbonyl (C=O) groups is 2. The van der Waals surface area contributed by atoms with Crippen molar-refractivity contribution in [3.8, 4) is 0 Å². The van der Waals surface area contributed by atoms with Gasteiger partial charge in [-0.1, -0.05) is 0 Å². The molecule has 0 unspecified atom stereocenters. The number of amides is 1. The summed E-state index contributed by atoms with van der Waals surface area (Å²) in [4.78, 5) is 27.6. The molecule has 0 saturated carbocycles. The Kier molecular flexibility index (Phi) is 5.15. The van der Waals surface area contributed by atoms with Crippen LogP contribution in [0.3, 0.4) is 0 Å². The summed E-state index contributed by atoms with van der Waals surface area (Å²) in [5.74, 6) is -0.117. The highest BCUT2D eigenvalue weighted by atomic mass is 16.5. The minimum atomic E-state index is -0.163. The minimum Gasteiger partial charge on any atom is -0.469 e. The van der Waals surface area contributed by atoms with E-state index in [-0.39, 0.29) is 17.8 Å². The summed E-state index contributed by atoms with van der Waals surface area (Å²) in [6.07, 6.45) is 1.80. The molecule has 1 atom stereocenters. The van der Waals surface area contributed by atoms with Gasteiger partial charge < -0.3 is 14.4 Å². The average molecular weight is 270 g/mol. The van der Waals surface area contributed by atoms with Gasteiger partial charge >= 0.3 is 5.97 Å². The number of ether oxygens (including phenoxy) is 2. The van der Waals surface area contributed by atoms with Crippen molar-refractivity contribution in [1.82, 2.24) is 9.80 Å². The Morgan fingerprint density at radius 3 is 2.68 bits per heavy atom. The summed E-state index contributed by atoms with van der Waals surface area (Å²) in [7, 11) is 1.42. The number of esters is 1.